The molecule has 1 aromatic rings. The van der Waals surface area contributed by atoms with Gasteiger partial charge in [0.25, 0.3) is 0 Å². The fourth-order valence-corrected chi connectivity index (χ4v) is 2.31. The van der Waals surface area contributed by atoms with Crippen molar-refractivity contribution in [3.8, 4) is 0 Å². The molecule has 68 valence electrons. The standard InChI is InChI=1S/C11H11BrO/c1-11(7-13)5-4-8-2-3-9(12)6-10(8)11/h2-3,6-7H,4-5H2,1H3. The van der Waals surface area contributed by atoms with Crippen molar-refractivity contribution in [2.75, 3.05) is 0 Å². The van der Waals surface area contributed by atoms with Crippen molar-refractivity contribution in [1.29, 1.82) is 0 Å². The Morgan fingerprint density at radius 2 is 2.31 bits per heavy atom. The van der Waals surface area contributed by atoms with Crippen LogP contribution in [0, 0.1) is 0 Å². The fraction of sp³-hybridized carbons (Fsp3) is 0.364. The second-order valence-electron chi connectivity index (χ2n) is 3.84. The van der Waals surface area contributed by atoms with E-state index in [1.807, 2.05) is 13.0 Å². The van der Waals surface area contributed by atoms with Gasteiger partial charge >= 0.3 is 0 Å². The summed E-state index contributed by atoms with van der Waals surface area (Å²) in [7, 11) is 0. The van der Waals surface area contributed by atoms with E-state index in [1.54, 1.807) is 0 Å². The number of carbonyl (C=O) groups excluding carboxylic acids is 1. The Labute approximate surface area is 86.3 Å². The maximum atomic E-state index is 11.0. The molecule has 0 saturated heterocycles. The highest BCUT2D eigenvalue weighted by molar-refractivity contribution is 9.10. The molecule has 1 nitrogen and oxygen atoms in total. The van der Waals surface area contributed by atoms with Crippen LogP contribution in [0.3, 0.4) is 0 Å². The molecule has 0 N–H and O–H groups in total. The average molecular weight is 239 g/mol. The first-order valence-corrected chi connectivity index (χ1v) is 5.20. The summed E-state index contributed by atoms with van der Waals surface area (Å²) < 4.78 is 1.06. The maximum absolute atomic E-state index is 11.0. The molecule has 2 heteroatoms. The van der Waals surface area contributed by atoms with Gasteiger partial charge in [0, 0.05) is 9.89 Å². The zero-order chi connectivity index (χ0) is 9.47. The summed E-state index contributed by atoms with van der Waals surface area (Å²) in [6.45, 7) is 2.01. The van der Waals surface area contributed by atoms with E-state index in [4.69, 9.17) is 0 Å². The van der Waals surface area contributed by atoms with Crippen molar-refractivity contribution in [2.24, 2.45) is 0 Å². The van der Waals surface area contributed by atoms with E-state index in [9.17, 15) is 4.79 Å². The number of aryl methyl sites for hydroxylation is 1. The molecule has 2 rings (SSSR count). The van der Waals surface area contributed by atoms with Crippen LogP contribution in [-0.4, -0.2) is 6.29 Å². The van der Waals surface area contributed by atoms with Gasteiger partial charge in [-0.15, -0.1) is 0 Å². The van der Waals surface area contributed by atoms with Crippen LogP contribution >= 0.6 is 15.9 Å². The van der Waals surface area contributed by atoms with Crippen molar-refractivity contribution in [2.45, 2.75) is 25.2 Å². The topological polar surface area (TPSA) is 17.1 Å². The summed E-state index contributed by atoms with van der Waals surface area (Å²) in [4.78, 5) is 11.0. The Kier molecular flexibility index (Phi) is 2.03. The number of fused-ring (bicyclic) bond motifs is 1. The zero-order valence-corrected chi connectivity index (χ0v) is 9.10. The lowest BCUT2D eigenvalue weighted by atomic mass is 9.86. The summed E-state index contributed by atoms with van der Waals surface area (Å²) in [6, 6.07) is 6.21. The highest BCUT2D eigenvalue weighted by Gasteiger charge is 2.33. The van der Waals surface area contributed by atoms with Gasteiger partial charge in [-0.2, -0.15) is 0 Å². The molecule has 0 bridgehead atoms. The van der Waals surface area contributed by atoms with Crippen LogP contribution in [-0.2, 0) is 16.6 Å². The lowest BCUT2D eigenvalue weighted by Crippen LogP contribution is -2.19. The maximum Gasteiger partial charge on any atom is 0.130 e. The molecule has 0 heterocycles. The highest BCUT2D eigenvalue weighted by atomic mass is 79.9. The van der Waals surface area contributed by atoms with E-state index in [0.29, 0.717) is 0 Å². The first kappa shape index (κ1) is 8.95. The summed E-state index contributed by atoms with van der Waals surface area (Å²) in [5.74, 6) is 0. The molecule has 0 spiro atoms. The van der Waals surface area contributed by atoms with E-state index in [0.717, 1.165) is 23.6 Å². The van der Waals surface area contributed by atoms with Gasteiger partial charge in [0.2, 0.25) is 0 Å². The Morgan fingerprint density at radius 1 is 1.54 bits per heavy atom. The molecule has 0 radical (unpaired) electrons. The molecule has 1 aromatic carbocycles. The quantitative estimate of drug-likeness (QED) is 0.688. The van der Waals surface area contributed by atoms with E-state index < -0.39 is 0 Å². The van der Waals surface area contributed by atoms with Crippen molar-refractivity contribution < 1.29 is 4.79 Å². The van der Waals surface area contributed by atoms with Gasteiger partial charge in [-0.05, 0) is 43.0 Å². The summed E-state index contributed by atoms with van der Waals surface area (Å²) in [5.41, 5.74) is 2.26. The third kappa shape index (κ3) is 1.33. The minimum atomic E-state index is -0.251. The molecule has 1 atom stereocenters. The smallest absolute Gasteiger partial charge is 0.130 e. The third-order valence-corrected chi connectivity index (χ3v) is 3.35. The van der Waals surface area contributed by atoms with Crippen molar-refractivity contribution in [1.82, 2.24) is 0 Å². The normalized spacial score (nSPS) is 25.7. The second-order valence-corrected chi connectivity index (χ2v) is 4.75. The Morgan fingerprint density at radius 3 is 3.00 bits per heavy atom. The van der Waals surface area contributed by atoms with Gasteiger partial charge in [0.15, 0.2) is 0 Å². The Bertz CT molecular complexity index is 359. The minimum absolute atomic E-state index is 0.251. The molecule has 0 saturated carbocycles. The summed E-state index contributed by atoms with van der Waals surface area (Å²) in [5, 5.41) is 0. The monoisotopic (exact) mass is 238 g/mol. The van der Waals surface area contributed by atoms with Crippen LogP contribution in [0.2, 0.25) is 0 Å². The lowest BCUT2D eigenvalue weighted by Gasteiger charge is -2.16. The van der Waals surface area contributed by atoms with Gasteiger partial charge in [-0.1, -0.05) is 22.0 Å². The Hall–Kier alpha value is -0.630. The molecular weight excluding hydrogens is 228 g/mol. The number of aldehydes is 1. The van der Waals surface area contributed by atoms with Crippen LogP contribution in [0.1, 0.15) is 24.5 Å². The molecule has 0 fully saturated rings. The SMILES string of the molecule is CC1(C=O)CCc2ccc(Br)cc21. The predicted molar refractivity (Wildman–Crippen MR) is 55.9 cm³/mol. The first-order chi connectivity index (χ1) is 6.15. The lowest BCUT2D eigenvalue weighted by molar-refractivity contribution is -0.112. The van der Waals surface area contributed by atoms with Gasteiger partial charge < -0.3 is 4.79 Å². The highest BCUT2D eigenvalue weighted by Crippen LogP contribution is 2.38. The Balaban J connectivity index is 2.58. The molecule has 0 aromatic heterocycles. The van der Waals surface area contributed by atoms with Gasteiger partial charge in [0.1, 0.15) is 6.29 Å². The predicted octanol–water partition coefficient (Wildman–Crippen LogP) is 2.85. The van der Waals surface area contributed by atoms with Crippen molar-refractivity contribution in [3.05, 3.63) is 33.8 Å². The molecule has 0 aliphatic heterocycles. The molecule has 1 aliphatic rings. The molecule has 1 unspecified atom stereocenters. The minimum Gasteiger partial charge on any atom is -0.302 e. The molecule has 13 heavy (non-hydrogen) atoms. The number of benzene rings is 1. The van der Waals surface area contributed by atoms with E-state index >= 15 is 0 Å². The van der Waals surface area contributed by atoms with Gasteiger partial charge in [0.05, 0.1) is 0 Å². The molecule has 1 aliphatic carbocycles. The number of hydrogen-bond acceptors (Lipinski definition) is 1. The average Bonchev–Trinajstić information content (AvgIpc) is 2.45. The third-order valence-electron chi connectivity index (χ3n) is 2.86. The van der Waals surface area contributed by atoms with Crippen LogP contribution in [0.5, 0.6) is 0 Å². The van der Waals surface area contributed by atoms with Crippen molar-refractivity contribution in [3.63, 3.8) is 0 Å². The fourth-order valence-electron chi connectivity index (χ4n) is 1.95. The van der Waals surface area contributed by atoms with Crippen LogP contribution in [0.4, 0.5) is 0 Å². The van der Waals surface area contributed by atoms with E-state index in [2.05, 4.69) is 28.1 Å². The summed E-state index contributed by atoms with van der Waals surface area (Å²) in [6.07, 6.45) is 3.05. The molecule has 0 amide bonds. The van der Waals surface area contributed by atoms with E-state index in [1.165, 1.54) is 11.1 Å². The van der Waals surface area contributed by atoms with Gasteiger partial charge in [-0.3, -0.25) is 0 Å². The first-order valence-electron chi connectivity index (χ1n) is 4.41. The number of halogens is 1. The van der Waals surface area contributed by atoms with Gasteiger partial charge in [-0.25, -0.2) is 0 Å². The summed E-state index contributed by atoms with van der Waals surface area (Å²) >= 11 is 3.43. The largest absolute Gasteiger partial charge is 0.302 e. The number of hydrogen-bond donors (Lipinski definition) is 0. The molecular formula is C11H11BrO. The number of carbonyl (C=O) groups is 1. The van der Waals surface area contributed by atoms with Crippen LogP contribution < -0.4 is 0 Å². The van der Waals surface area contributed by atoms with Crippen molar-refractivity contribution >= 4 is 22.2 Å². The van der Waals surface area contributed by atoms with E-state index in [-0.39, 0.29) is 5.41 Å². The van der Waals surface area contributed by atoms with Crippen LogP contribution in [0.15, 0.2) is 22.7 Å². The zero-order valence-electron chi connectivity index (χ0n) is 7.51. The second kappa shape index (κ2) is 2.95. The number of rotatable bonds is 1. The van der Waals surface area contributed by atoms with Crippen LogP contribution in [0.25, 0.3) is 0 Å².